The van der Waals surface area contributed by atoms with Gasteiger partial charge in [0.2, 0.25) is 0 Å². The van der Waals surface area contributed by atoms with E-state index in [0.717, 1.165) is 16.9 Å². The normalized spacial score (nSPS) is 10.8. The second-order valence-corrected chi connectivity index (χ2v) is 5.31. The molecule has 0 aromatic heterocycles. The number of allylic oxidation sites excluding steroid dienone is 1. The van der Waals surface area contributed by atoms with E-state index in [1.54, 1.807) is 31.4 Å². The molecule has 0 spiro atoms. The Morgan fingerprint density at radius 1 is 1.10 bits per heavy atom. The van der Waals surface area contributed by atoms with Gasteiger partial charge in [0.05, 0.1) is 17.2 Å². The molecule has 0 unspecified atom stereocenters. The highest BCUT2D eigenvalue weighted by molar-refractivity contribution is 6.42. The topological polar surface area (TPSA) is 26.3 Å². The van der Waals surface area contributed by atoms with Crippen molar-refractivity contribution in [3.8, 4) is 5.75 Å². The van der Waals surface area contributed by atoms with Gasteiger partial charge in [-0.3, -0.25) is 4.79 Å². The molecule has 0 bridgehead atoms. The summed E-state index contributed by atoms with van der Waals surface area (Å²) in [4.78, 5) is 11.9. The number of carbonyl (C=O) groups is 1. The lowest BCUT2D eigenvalue weighted by Crippen LogP contribution is -1.98. The zero-order valence-electron chi connectivity index (χ0n) is 11.5. The fourth-order valence-corrected chi connectivity index (χ4v) is 2.12. The number of rotatable bonds is 5. The second-order valence-electron chi connectivity index (χ2n) is 4.50. The van der Waals surface area contributed by atoms with Gasteiger partial charge in [-0.15, -0.1) is 0 Å². The van der Waals surface area contributed by atoms with Crippen LogP contribution in [0.25, 0.3) is 6.08 Å². The Morgan fingerprint density at radius 2 is 1.81 bits per heavy atom. The van der Waals surface area contributed by atoms with Gasteiger partial charge in [0, 0.05) is 6.42 Å². The molecule has 2 nitrogen and oxygen atoms in total. The van der Waals surface area contributed by atoms with E-state index in [-0.39, 0.29) is 5.78 Å². The summed E-state index contributed by atoms with van der Waals surface area (Å²) in [5.74, 6) is 0.795. The van der Waals surface area contributed by atoms with Crippen molar-refractivity contribution in [2.45, 2.75) is 6.42 Å². The number of ether oxygens (including phenoxy) is 1. The van der Waals surface area contributed by atoms with Crippen molar-refractivity contribution in [3.05, 3.63) is 69.7 Å². The van der Waals surface area contributed by atoms with Gasteiger partial charge in [0.1, 0.15) is 5.75 Å². The van der Waals surface area contributed by atoms with Crippen LogP contribution in [0, 0.1) is 0 Å². The lowest BCUT2D eigenvalue weighted by Gasteiger charge is -2.01. The van der Waals surface area contributed by atoms with Crippen LogP contribution in [0.5, 0.6) is 5.75 Å². The average Bonchev–Trinajstić information content (AvgIpc) is 2.49. The van der Waals surface area contributed by atoms with E-state index in [0.29, 0.717) is 16.5 Å². The smallest absolute Gasteiger partial charge is 0.160 e. The first kappa shape index (κ1) is 15.6. The van der Waals surface area contributed by atoms with Gasteiger partial charge in [0.15, 0.2) is 5.78 Å². The van der Waals surface area contributed by atoms with E-state index in [2.05, 4.69) is 0 Å². The molecule has 0 saturated carbocycles. The van der Waals surface area contributed by atoms with Crippen molar-refractivity contribution in [1.29, 1.82) is 0 Å². The zero-order valence-corrected chi connectivity index (χ0v) is 13.0. The van der Waals surface area contributed by atoms with Crippen LogP contribution >= 0.6 is 23.2 Å². The van der Waals surface area contributed by atoms with Crippen LogP contribution in [-0.4, -0.2) is 12.9 Å². The molecule has 0 N–H and O–H groups in total. The van der Waals surface area contributed by atoms with E-state index in [4.69, 9.17) is 27.9 Å². The summed E-state index contributed by atoms with van der Waals surface area (Å²) >= 11 is 11.8. The molecular weight excluding hydrogens is 307 g/mol. The van der Waals surface area contributed by atoms with Gasteiger partial charge < -0.3 is 4.74 Å². The maximum Gasteiger partial charge on any atom is 0.160 e. The molecule has 21 heavy (non-hydrogen) atoms. The quantitative estimate of drug-likeness (QED) is 0.738. The fourth-order valence-electron chi connectivity index (χ4n) is 1.81. The molecule has 2 rings (SSSR count). The third kappa shape index (κ3) is 4.62. The summed E-state index contributed by atoms with van der Waals surface area (Å²) in [7, 11) is 1.61. The molecule has 0 aliphatic rings. The Labute approximate surface area is 134 Å². The summed E-state index contributed by atoms with van der Waals surface area (Å²) in [5.41, 5.74) is 1.78. The number of halogens is 2. The van der Waals surface area contributed by atoms with Crippen molar-refractivity contribution in [3.63, 3.8) is 0 Å². The monoisotopic (exact) mass is 320 g/mol. The average molecular weight is 321 g/mol. The first-order chi connectivity index (χ1) is 10.1. The molecule has 2 aromatic rings. The SMILES string of the molecule is COc1ccc(CC(=O)/C=C/c2ccc(Cl)c(Cl)c2)cc1. The Bertz CT molecular complexity index is 661. The summed E-state index contributed by atoms with van der Waals surface area (Å²) in [5, 5.41) is 0.972. The first-order valence-corrected chi connectivity index (χ1v) is 7.13. The Balaban J connectivity index is 1.99. The molecule has 0 fully saturated rings. The van der Waals surface area contributed by atoms with Crippen molar-refractivity contribution in [2.24, 2.45) is 0 Å². The third-order valence-corrected chi connectivity index (χ3v) is 3.68. The van der Waals surface area contributed by atoms with Crippen LogP contribution in [0.3, 0.4) is 0 Å². The Kier molecular flexibility index (Phi) is 5.43. The zero-order chi connectivity index (χ0) is 15.2. The van der Waals surface area contributed by atoms with Crippen LogP contribution in [0.15, 0.2) is 48.5 Å². The minimum absolute atomic E-state index is 0.0197. The predicted octanol–water partition coefficient (Wildman–Crippen LogP) is 4.83. The van der Waals surface area contributed by atoms with Gasteiger partial charge in [0.25, 0.3) is 0 Å². The highest BCUT2D eigenvalue weighted by Crippen LogP contribution is 2.23. The lowest BCUT2D eigenvalue weighted by atomic mass is 10.1. The minimum atomic E-state index is 0.0197. The van der Waals surface area contributed by atoms with Gasteiger partial charge in [-0.25, -0.2) is 0 Å². The van der Waals surface area contributed by atoms with E-state index < -0.39 is 0 Å². The Morgan fingerprint density at radius 3 is 2.43 bits per heavy atom. The minimum Gasteiger partial charge on any atom is -0.497 e. The van der Waals surface area contributed by atoms with E-state index in [1.165, 1.54) is 0 Å². The number of methoxy groups -OCH3 is 1. The maximum atomic E-state index is 11.9. The Hall–Kier alpha value is -1.77. The van der Waals surface area contributed by atoms with Crippen LogP contribution < -0.4 is 4.74 Å². The molecule has 0 aliphatic carbocycles. The molecule has 4 heteroatoms. The van der Waals surface area contributed by atoms with Gasteiger partial charge in [-0.05, 0) is 41.5 Å². The third-order valence-electron chi connectivity index (χ3n) is 2.94. The van der Waals surface area contributed by atoms with Crippen molar-refractivity contribution < 1.29 is 9.53 Å². The summed E-state index contributed by atoms with van der Waals surface area (Å²) in [6, 6.07) is 12.7. The molecular formula is C17H14Cl2O2. The highest BCUT2D eigenvalue weighted by atomic mass is 35.5. The fraction of sp³-hybridized carbons (Fsp3) is 0.118. The van der Waals surface area contributed by atoms with Crippen LogP contribution in [0.2, 0.25) is 10.0 Å². The second kappa shape index (κ2) is 7.30. The number of carbonyl (C=O) groups excluding carboxylic acids is 1. The van der Waals surface area contributed by atoms with E-state index in [9.17, 15) is 4.79 Å². The first-order valence-electron chi connectivity index (χ1n) is 6.37. The predicted molar refractivity (Wildman–Crippen MR) is 87.2 cm³/mol. The summed E-state index contributed by atoms with van der Waals surface area (Å²) in [6.07, 6.45) is 3.62. The van der Waals surface area contributed by atoms with Gasteiger partial charge in [-0.1, -0.05) is 47.5 Å². The molecule has 0 radical (unpaired) electrons. The van der Waals surface area contributed by atoms with E-state index >= 15 is 0 Å². The van der Waals surface area contributed by atoms with Crippen molar-refractivity contribution >= 4 is 35.1 Å². The number of ketones is 1. The molecule has 0 aliphatic heterocycles. The van der Waals surface area contributed by atoms with Gasteiger partial charge in [-0.2, -0.15) is 0 Å². The number of benzene rings is 2. The molecule has 0 heterocycles. The van der Waals surface area contributed by atoms with Crippen LogP contribution in [-0.2, 0) is 11.2 Å². The largest absolute Gasteiger partial charge is 0.497 e. The van der Waals surface area contributed by atoms with Crippen LogP contribution in [0.1, 0.15) is 11.1 Å². The summed E-state index contributed by atoms with van der Waals surface area (Å²) < 4.78 is 5.08. The standard InChI is InChI=1S/C17H14Cl2O2/c1-21-15-7-3-12(4-8-15)10-14(20)6-2-13-5-9-16(18)17(19)11-13/h2-9,11H,10H2,1H3/b6-2+. The van der Waals surface area contributed by atoms with Gasteiger partial charge >= 0.3 is 0 Å². The van der Waals surface area contributed by atoms with Crippen molar-refractivity contribution in [1.82, 2.24) is 0 Å². The van der Waals surface area contributed by atoms with Crippen molar-refractivity contribution in [2.75, 3.05) is 7.11 Å². The maximum absolute atomic E-state index is 11.9. The van der Waals surface area contributed by atoms with Crippen LogP contribution in [0.4, 0.5) is 0 Å². The summed E-state index contributed by atoms with van der Waals surface area (Å²) in [6.45, 7) is 0. The molecule has 108 valence electrons. The van der Waals surface area contributed by atoms with E-state index in [1.807, 2.05) is 30.3 Å². The highest BCUT2D eigenvalue weighted by Gasteiger charge is 2.01. The molecule has 2 aromatic carbocycles. The number of hydrogen-bond donors (Lipinski definition) is 0. The molecule has 0 saturated heterocycles. The molecule has 0 amide bonds. The molecule has 0 atom stereocenters. The lowest BCUT2D eigenvalue weighted by molar-refractivity contribution is -0.113. The number of hydrogen-bond acceptors (Lipinski definition) is 2.